The average Bonchev–Trinajstić information content (AvgIpc) is 2.17. The van der Waals surface area contributed by atoms with Crippen molar-refractivity contribution < 1.29 is 4.74 Å². The molecule has 0 amide bonds. The minimum absolute atomic E-state index is 0.368. The summed E-state index contributed by atoms with van der Waals surface area (Å²) in [6.07, 6.45) is 0.937. The molecule has 1 unspecified atom stereocenters. The van der Waals surface area contributed by atoms with Gasteiger partial charge in [-0.15, -0.1) is 0 Å². The van der Waals surface area contributed by atoms with Crippen molar-refractivity contribution in [1.29, 1.82) is 0 Å². The third kappa shape index (κ3) is 2.50. The number of aryl methyl sites for hydroxylation is 1. The number of nitrogens with two attached hydrogens (primary N) is 1. The Bertz CT molecular complexity index is 377. The van der Waals surface area contributed by atoms with Crippen molar-refractivity contribution in [3.8, 4) is 5.75 Å². The number of hydrogen-bond acceptors (Lipinski definition) is 2. The summed E-state index contributed by atoms with van der Waals surface area (Å²) < 4.78 is 5.41. The van der Waals surface area contributed by atoms with Crippen LogP contribution in [0.2, 0.25) is 5.02 Å². The van der Waals surface area contributed by atoms with Crippen molar-refractivity contribution in [2.75, 3.05) is 13.7 Å². The summed E-state index contributed by atoms with van der Waals surface area (Å²) in [6, 6.07) is 1.97. The second-order valence-corrected chi connectivity index (χ2v) is 4.63. The second-order valence-electron chi connectivity index (χ2n) is 4.23. The van der Waals surface area contributed by atoms with Gasteiger partial charge in [-0.25, -0.2) is 0 Å². The summed E-state index contributed by atoms with van der Waals surface area (Å²) in [7, 11) is 1.70. The summed E-state index contributed by atoms with van der Waals surface area (Å²) in [6.45, 7) is 6.89. The van der Waals surface area contributed by atoms with Crippen LogP contribution in [-0.4, -0.2) is 13.7 Å². The maximum atomic E-state index is 6.30. The fourth-order valence-electron chi connectivity index (χ4n) is 2.24. The predicted molar refractivity (Wildman–Crippen MR) is 69.6 cm³/mol. The molecule has 0 saturated heterocycles. The van der Waals surface area contributed by atoms with E-state index in [1.807, 2.05) is 13.0 Å². The molecule has 0 saturated carbocycles. The first-order valence-corrected chi connectivity index (χ1v) is 5.94. The van der Waals surface area contributed by atoms with Gasteiger partial charge in [0.2, 0.25) is 0 Å². The minimum atomic E-state index is 0.368. The lowest BCUT2D eigenvalue weighted by Crippen LogP contribution is -2.07. The van der Waals surface area contributed by atoms with E-state index >= 15 is 0 Å². The molecule has 0 bridgehead atoms. The van der Waals surface area contributed by atoms with Gasteiger partial charge in [-0.1, -0.05) is 18.5 Å². The molecule has 1 atom stereocenters. The molecule has 0 spiro atoms. The van der Waals surface area contributed by atoms with Crippen molar-refractivity contribution in [2.45, 2.75) is 33.1 Å². The highest BCUT2D eigenvalue weighted by Crippen LogP contribution is 2.37. The summed E-state index contributed by atoms with van der Waals surface area (Å²) in [4.78, 5) is 0. The van der Waals surface area contributed by atoms with Crippen molar-refractivity contribution in [3.05, 3.63) is 27.8 Å². The Morgan fingerprint density at radius 2 is 2.06 bits per heavy atom. The molecular formula is C13H20ClNO. The summed E-state index contributed by atoms with van der Waals surface area (Å²) >= 11 is 6.30. The van der Waals surface area contributed by atoms with Crippen LogP contribution in [0.25, 0.3) is 0 Å². The predicted octanol–water partition coefficient (Wildman–Crippen LogP) is 3.42. The van der Waals surface area contributed by atoms with Crippen molar-refractivity contribution in [3.63, 3.8) is 0 Å². The van der Waals surface area contributed by atoms with E-state index in [4.69, 9.17) is 22.1 Å². The molecule has 0 aliphatic carbocycles. The molecule has 1 rings (SSSR count). The highest BCUT2D eigenvalue weighted by atomic mass is 35.5. The van der Waals surface area contributed by atoms with Crippen molar-refractivity contribution in [2.24, 2.45) is 5.73 Å². The van der Waals surface area contributed by atoms with E-state index in [9.17, 15) is 0 Å². The van der Waals surface area contributed by atoms with Crippen LogP contribution >= 0.6 is 11.6 Å². The van der Waals surface area contributed by atoms with Gasteiger partial charge in [0.1, 0.15) is 5.75 Å². The van der Waals surface area contributed by atoms with Gasteiger partial charge in [-0.2, -0.15) is 0 Å². The van der Waals surface area contributed by atoms with E-state index in [0.29, 0.717) is 12.5 Å². The first-order valence-electron chi connectivity index (χ1n) is 5.56. The van der Waals surface area contributed by atoms with Gasteiger partial charge < -0.3 is 10.5 Å². The summed E-state index contributed by atoms with van der Waals surface area (Å²) in [5.41, 5.74) is 8.97. The highest BCUT2D eigenvalue weighted by molar-refractivity contribution is 6.31. The lowest BCUT2D eigenvalue weighted by molar-refractivity contribution is 0.407. The monoisotopic (exact) mass is 241 g/mol. The van der Waals surface area contributed by atoms with Gasteiger partial charge in [-0.05, 0) is 55.5 Å². The molecule has 2 N–H and O–H groups in total. The molecule has 2 nitrogen and oxygen atoms in total. The molecule has 0 radical (unpaired) electrons. The normalized spacial score (nSPS) is 12.6. The van der Waals surface area contributed by atoms with E-state index in [0.717, 1.165) is 33.9 Å². The molecule has 0 aromatic heterocycles. The van der Waals surface area contributed by atoms with Gasteiger partial charge in [0.25, 0.3) is 0 Å². The van der Waals surface area contributed by atoms with Gasteiger partial charge in [0.15, 0.2) is 0 Å². The van der Waals surface area contributed by atoms with Gasteiger partial charge >= 0.3 is 0 Å². The molecule has 0 fully saturated rings. The fraction of sp³-hybridized carbons (Fsp3) is 0.538. The standard InChI is InChI=1S/C13H20ClNO/c1-8(5-6-15)12-10(3)13(16-4)9(2)7-11(12)14/h7-8H,5-6,15H2,1-4H3. The Balaban J connectivity index is 3.27. The van der Waals surface area contributed by atoms with E-state index in [2.05, 4.69) is 13.8 Å². The summed E-state index contributed by atoms with van der Waals surface area (Å²) in [5.74, 6) is 1.30. The van der Waals surface area contributed by atoms with Crippen LogP contribution in [-0.2, 0) is 0 Å². The number of rotatable bonds is 4. The van der Waals surface area contributed by atoms with E-state index in [1.54, 1.807) is 7.11 Å². The van der Waals surface area contributed by atoms with E-state index in [1.165, 1.54) is 0 Å². The van der Waals surface area contributed by atoms with Crippen LogP contribution in [0.15, 0.2) is 6.07 Å². The first-order chi connectivity index (χ1) is 7.52. The lowest BCUT2D eigenvalue weighted by Gasteiger charge is -2.19. The molecule has 0 aliphatic heterocycles. The van der Waals surface area contributed by atoms with Crippen LogP contribution in [0.3, 0.4) is 0 Å². The van der Waals surface area contributed by atoms with Gasteiger partial charge in [-0.3, -0.25) is 0 Å². The van der Waals surface area contributed by atoms with Crippen LogP contribution in [0, 0.1) is 13.8 Å². The maximum Gasteiger partial charge on any atom is 0.125 e. The zero-order valence-electron chi connectivity index (χ0n) is 10.4. The van der Waals surface area contributed by atoms with Gasteiger partial charge in [0, 0.05) is 5.02 Å². The number of ether oxygens (including phenoxy) is 1. The Labute approximate surface area is 103 Å². The topological polar surface area (TPSA) is 35.2 Å². The van der Waals surface area contributed by atoms with Gasteiger partial charge in [0.05, 0.1) is 7.11 Å². The minimum Gasteiger partial charge on any atom is -0.496 e. The number of hydrogen-bond donors (Lipinski definition) is 1. The quantitative estimate of drug-likeness (QED) is 0.877. The van der Waals surface area contributed by atoms with Crippen LogP contribution < -0.4 is 10.5 Å². The van der Waals surface area contributed by atoms with Crippen LogP contribution in [0.5, 0.6) is 5.75 Å². The third-order valence-electron chi connectivity index (χ3n) is 3.00. The molecule has 0 heterocycles. The smallest absolute Gasteiger partial charge is 0.125 e. The highest BCUT2D eigenvalue weighted by Gasteiger charge is 2.17. The molecule has 90 valence electrons. The Morgan fingerprint density at radius 1 is 1.44 bits per heavy atom. The lowest BCUT2D eigenvalue weighted by atomic mass is 9.91. The Kier molecular flexibility index (Phi) is 4.63. The molecule has 16 heavy (non-hydrogen) atoms. The molecular weight excluding hydrogens is 222 g/mol. The summed E-state index contributed by atoms with van der Waals surface area (Å²) in [5, 5.41) is 0.816. The number of halogens is 1. The number of methoxy groups -OCH3 is 1. The SMILES string of the molecule is COc1c(C)cc(Cl)c(C(C)CCN)c1C. The van der Waals surface area contributed by atoms with E-state index < -0.39 is 0 Å². The molecule has 0 aliphatic rings. The third-order valence-corrected chi connectivity index (χ3v) is 3.31. The van der Waals surface area contributed by atoms with Crippen molar-refractivity contribution >= 4 is 11.6 Å². The fourth-order valence-corrected chi connectivity index (χ4v) is 2.74. The Morgan fingerprint density at radius 3 is 2.56 bits per heavy atom. The maximum absolute atomic E-state index is 6.30. The Hall–Kier alpha value is -0.730. The number of benzene rings is 1. The zero-order chi connectivity index (χ0) is 12.3. The van der Waals surface area contributed by atoms with E-state index in [-0.39, 0.29) is 0 Å². The zero-order valence-corrected chi connectivity index (χ0v) is 11.2. The molecule has 1 aromatic rings. The molecule has 3 heteroatoms. The second kappa shape index (κ2) is 5.55. The van der Waals surface area contributed by atoms with Crippen LogP contribution in [0.1, 0.15) is 36.0 Å². The molecule has 1 aromatic carbocycles. The van der Waals surface area contributed by atoms with Crippen LogP contribution in [0.4, 0.5) is 0 Å². The largest absolute Gasteiger partial charge is 0.496 e. The van der Waals surface area contributed by atoms with Crippen molar-refractivity contribution in [1.82, 2.24) is 0 Å². The average molecular weight is 242 g/mol. The first kappa shape index (κ1) is 13.3.